The summed E-state index contributed by atoms with van der Waals surface area (Å²) in [6.45, 7) is 4.97. The molecule has 0 aromatic carbocycles. The van der Waals surface area contributed by atoms with Crippen molar-refractivity contribution in [3.63, 3.8) is 0 Å². The van der Waals surface area contributed by atoms with E-state index in [0.717, 1.165) is 37.5 Å². The van der Waals surface area contributed by atoms with Crippen molar-refractivity contribution in [2.24, 2.45) is 0 Å². The van der Waals surface area contributed by atoms with E-state index in [9.17, 15) is 4.39 Å². The highest BCUT2D eigenvalue weighted by molar-refractivity contribution is 5.33. The van der Waals surface area contributed by atoms with Gasteiger partial charge in [-0.2, -0.15) is 5.10 Å². The molecule has 0 amide bonds. The summed E-state index contributed by atoms with van der Waals surface area (Å²) in [5.74, 6) is 2.06. The van der Waals surface area contributed by atoms with E-state index >= 15 is 0 Å². The second-order valence-corrected chi connectivity index (χ2v) is 5.64. The minimum Gasteiger partial charge on any atom is -0.331 e. The molecule has 1 saturated heterocycles. The van der Waals surface area contributed by atoms with E-state index in [1.165, 1.54) is 12.4 Å². The number of hydrogen-bond donors (Lipinski definition) is 1. The van der Waals surface area contributed by atoms with Gasteiger partial charge in [-0.3, -0.25) is 5.10 Å². The number of halogens is 1. The van der Waals surface area contributed by atoms with Crippen LogP contribution in [-0.4, -0.2) is 31.7 Å². The fraction of sp³-hybridized carbons (Fsp3) is 0.571. The molecule has 0 spiro atoms. The molecule has 0 aliphatic carbocycles. The van der Waals surface area contributed by atoms with Gasteiger partial charge in [-0.25, -0.2) is 19.3 Å². The Morgan fingerprint density at radius 2 is 2.05 bits per heavy atom. The molecule has 7 heteroatoms. The summed E-state index contributed by atoms with van der Waals surface area (Å²) in [5, 5.41) is 7.31. The van der Waals surface area contributed by atoms with Gasteiger partial charge in [0.15, 0.2) is 11.6 Å². The molecule has 1 N–H and O–H groups in total. The maximum Gasteiger partial charge on any atom is 0.226 e. The van der Waals surface area contributed by atoms with Gasteiger partial charge in [-0.1, -0.05) is 13.8 Å². The van der Waals surface area contributed by atoms with E-state index in [1.54, 1.807) is 0 Å². The van der Waals surface area contributed by atoms with E-state index in [4.69, 9.17) is 0 Å². The van der Waals surface area contributed by atoms with Gasteiger partial charge in [-0.05, 0) is 19.3 Å². The second kappa shape index (κ2) is 5.75. The lowest BCUT2D eigenvalue weighted by atomic mass is 10.0. The van der Waals surface area contributed by atoms with Crippen LogP contribution in [0.4, 0.5) is 10.3 Å². The summed E-state index contributed by atoms with van der Waals surface area (Å²) in [4.78, 5) is 14.9. The topological polar surface area (TPSA) is 70.6 Å². The Kier molecular flexibility index (Phi) is 3.81. The molecule has 1 atom stereocenters. The molecule has 1 aliphatic rings. The molecule has 3 rings (SSSR count). The third kappa shape index (κ3) is 2.86. The number of piperidine rings is 1. The summed E-state index contributed by atoms with van der Waals surface area (Å²) < 4.78 is 13.0. The van der Waals surface area contributed by atoms with Gasteiger partial charge in [0.1, 0.15) is 5.82 Å². The van der Waals surface area contributed by atoms with Crippen molar-refractivity contribution in [1.29, 1.82) is 0 Å². The maximum absolute atomic E-state index is 13.0. The predicted molar refractivity (Wildman–Crippen MR) is 76.4 cm³/mol. The van der Waals surface area contributed by atoms with Gasteiger partial charge in [0.25, 0.3) is 0 Å². The minimum atomic E-state index is -0.422. The van der Waals surface area contributed by atoms with Crippen molar-refractivity contribution in [3.05, 3.63) is 29.9 Å². The van der Waals surface area contributed by atoms with Crippen LogP contribution in [0.5, 0.6) is 0 Å². The fourth-order valence-corrected chi connectivity index (χ4v) is 2.60. The van der Waals surface area contributed by atoms with Crippen LogP contribution in [0.3, 0.4) is 0 Å². The lowest BCUT2D eigenvalue weighted by Gasteiger charge is -2.34. The molecule has 2 aromatic heterocycles. The standard InChI is InChI=1S/C14H19FN6/c1-9(2)12-18-13(20-19-12)11-5-3-4-6-21(11)14-16-7-10(15)8-17-14/h7-9,11H,3-6H2,1-2H3,(H,18,19,20). The van der Waals surface area contributed by atoms with Crippen LogP contribution >= 0.6 is 0 Å². The highest BCUT2D eigenvalue weighted by Crippen LogP contribution is 2.31. The van der Waals surface area contributed by atoms with Crippen LogP contribution in [0.25, 0.3) is 0 Å². The Morgan fingerprint density at radius 3 is 2.71 bits per heavy atom. The molecule has 0 radical (unpaired) electrons. The van der Waals surface area contributed by atoms with Crippen LogP contribution in [0, 0.1) is 5.82 Å². The number of rotatable bonds is 3. The van der Waals surface area contributed by atoms with Crippen molar-refractivity contribution in [2.75, 3.05) is 11.4 Å². The number of nitrogens with zero attached hydrogens (tertiary/aromatic N) is 5. The van der Waals surface area contributed by atoms with Gasteiger partial charge in [0.2, 0.25) is 5.95 Å². The smallest absolute Gasteiger partial charge is 0.226 e. The van der Waals surface area contributed by atoms with Crippen LogP contribution in [0.1, 0.15) is 56.7 Å². The zero-order valence-electron chi connectivity index (χ0n) is 12.3. The quantitative estimate of drug-likeness (QED) is 0.940. The van der Waals surface area contributed by atoms with Crippen molar-refractivity contribution in [3.8, 4) is 0 Å². The third-order valence-corrected chi connectivity index (χ3v) is 3.72. The molecular weight excluding hydrogens is 271 g/mol. The zero-order valence-corrected chi connectivity index (χ0v) is 12.3. The summed E-state index contributed by atoms with van der Waals surface area (Å²) in [6.07, 6.45) is 5.57. The molecule has 112 valence electrons. The Labute approximate surface area is 122 Å². The number of aromatic nitrogens is 5. The van der Waals surface area contributed by atoms with Crippen LogP contribution in [0.15, 0.2) is 12.4 Å². The molecule has 21 heavy (non-hydrogen) atoms. The molecular formula is C14H19FN6. The summed E-state index contributed by atoms with van der Waals surface area (Å²) in [6, 6.07) is 0.0733. The van der Waals surface area contributed by atoms with Crippen LogP contribution in [-0.2, 0) is 0 Å². The van der Waals surface area contributed by atoms with Crippen molar-refractivity contribution in [1.82, 2.24) is 25.1 Å². The van der Waals surface area contributed by atoms with Gasteiger partial charge in [-0.15, -0.1) is 0 Å². The van der Waals surface area contributed by atoms with E-state index in [2.05, 4.69) is 43.9 Å². The first-order valence-corrected chi connectivity index (χ1v) is 7.31. The van der Waals surface area contributed by atoms with E-state index in [-0.39, 0.29) is 12.0 Å². The monoisotopic (exact) mass is 290 g/mol. The van der Waals surface area contributed by atoms with E-state index in [1.807, 2.05) is 0 Å². The second-order valence-electron chi connectivity index (χ2n) is 5.64. The largest absolute Gasteiger partial charge is 0.331 e. The molecule has 1 aliphatic heterocycles. The molecule has 1 unspecified atom stereocenters. The average molecular weight is 290 g/mol. The van der Waals surface area contributed by atoms with Crippen molar-refractivity contribution < 1.29 is 4.39 Å². The first-order chi connectivity index (χ1) is 10.1. The zero-order chi connectivity index (χ0) is 14.8. The first-order valence-electron chi connectivity index (χ1n) is 7.31. The number of aromatic amines is 1. The molecule has 2 aromatic rings. The Balaban J connectivity index is 1.88. The summed E-state index contributed by atoms with van der Waals surface area (Å²) in [5.41, 5.74) is 0. The number of hydrogen-bond acceptors (Lipinski definition) is 5. The van der Waals surface area contributed by atoms with Crippen molar-refractivity contribution >= 4 is 5.95 Å². The van der Waals surface area contributed by atoms with Crippen molar-refractivity contribution in [2.45, 2.75) is 45.1 Å². The lowest BCUT2D eigenvalue weighted by Crippen LogP contribution is -2.35. The fourth-order valence-electron chi connectivity index (χ4n) is 2.60. The van der Waals surface area contributed by atoms with E-state index in [0.29, 0.717) is 5.95 Å². The Bertz CT molecular complexity index is 594. The molecule has 0 bridgehead atoms. The predicted octanol–water partition coefficient (Wildman–Crippen LogP) is 2.59. The van der Waals surface area contributed by atoms with Gasteiger partial charge < -0.3 is 4.90 Å². The van der Waals surface area contributed by atoms with Gasteiger partial charge in [0.05, 0.1) is 18.4 Å². The van der Waals surface area contributed by atoms with E-state index < -0.39 is 5.82 Å². The number of nitrogens with one attached hydrogen (secondary N) is 1. The number of anilines is 1. The minimum absolute atomic E-state index is 0.0733. The molecule has 1 fully saturated rings. The Hall–Kier alpha value is -2.05. The first kappa shape index (κ1) is 13.9. The van der Waals surface area contributed by atoms with Gasteiger partial charge >= 0.3 is 0 Å². The summed E-state index contributed by atoms with van der Waals surface area (Å²) >= 11 is 0. The molecule has 0 saturated carbocycles. The number of H-pyrrole nitrogens is 1. The highest BCUT2D eigenvalue weighted by atomic mass is 19.1. The average Bonchev–Trinajstić information content (AvgIpc) is 2.98. The highest BCUT2D eigenvalue weighted by Gasteiger charge is 2.29. The Morgan fingerprint density at radius 1 is 1.29 bits per heavy atom. The summed E-state index contributed by atoms with van der Waals surface area (Å²) in [7, 11) is 0. The van der Waals surface area contributed by atoms with Crippen LogP contribution < -0.4 is 4.90 Å². The maximum atomic E-state index is 13.0. The SMILES string of the molecule is CC(C)c1n[nH]c(C2CCCCN2c2ncc(F)cn2)n1. The molecule has 3 heterocycles. The van der Waals surface area contributed by atoms with Crippen LogP contribution in [0.2, 0.25) is 0 Å². The lowest BCUT2D eigenvalue weighted by molar-refractivity contribution is 0.448. The van der Waals surface area contributed by atoms with Gasteiger partial charge in [0, 0.05) is 12.5 Å². The molecule has 6 nitrogen and oxygen atoms in total. The third-order valence-electron chi connectivity index (χ3n) is 3.72. The normalized spacial score (nSPS) is 19.2.